The van der Waals surface area contributed by atoms with Crippen molar-refractivity contribution >= 4 is 12.1 Å². The van der Waals surface area contributed by atoms with Crippen LogP contribution in [0.15, 0.2) is 70.4 Å². The molecule has 0 amide bonds. The first-order valence-corrected chi connectivity index (χ1v) is 10.3. The van der Waals surface area contributed by atoms with Gasteiger partial charge >= 0.3 is 0 Å². The van der Waals surface area contributed by atoms with Crippen molar-refractivity contribution in [1.29, 1.82) is 0 Å². The summed E-state index contributed by atoms with van der Waals surface area (Å²) in [6.07, 6.45) is 3.17. The zero-order valence-corrected chi connectivity index (χ0v) is 17.4. The van der Waals surface area contributed by atoms with E-state index in [4.69, 9.17) is 5.73 Å². The Morgan fingerprint density at radius 1 is 1.03 bits per heavy atom. The SMILES string of the molecule is NCCCNCc1ccc(-c2cn3c(=O)cc(-c4ccc(C=O)cc4)nc3[nH]c2=O)cc1. The fourth-order valence-electron chi connectivity index (χ4n) is 3.41. The van der Waals surface area contributed by atoms with Gasteiger partial charge in [-0.05, 0) is 30.6 Å². The van der Waals surface area contributed by atoms with E-state index >= 15 is 0 Å². The van der Waals surface area contributed by atoms with Crippen molar-refractivity contribution in [1.82, 2.24) is 19.7 Å². The number of nitrogens with zero attached hydrogens (tertiary/aromatic N) is 2. The number of aromatic amines is 1. The number of hydrogen-bond acceptors (Lipinski definition) is 6. The van der Waals surface area contributed by atoms with Crippen LogP contribution in [0.3, 0.4) is 0 Å². The second-order valence-electron chi connectivity index (χ2n) is 7.43. The summed E-state index contributed by atoms with van der Waals surface area (Å²) in [5, 5.41) is 3.31. The molecular weight excluding hydrogens is 406 g/mol. The topological polar surface area (TPSA) is 122 Å². The molecule has 8 heteroatoms. The van der Waals surface area contributed by atoms with Crippen LogP contribution < -0.4 is 22.2 Å². The monoisotopic (exact) mass is 429 g/mol. The Hall–Kier alpha value is -3.88. The van der Waals surface area contributed by atoms with E-state index in [1.54, 1.807) is 24.3 Å². The number of benzene rings is 2. The number of aromatic nitrogens is 3. The second kappa shape index (κ2) is 9.51. The van der Waals surface area contributed by atoms with Crippen LogP contribution in [0.2, 0.25) is 0 Å². The maximum absolute atomic E-state index is 12.7. The lowest BCUT2D eigenvalue weighted by Crippen LogP contribution is -2.21. The van der Waals surface area contributed by atoms with Gasteiger partial charge in [0.2, 0.25) is 5.78 Å². The van der Waals surface area contributed by atoms with Gasteiger partial charge in [0.1, 0.15) is 6.29 Å². The molecule has 2 aromatic heterocycles. The molecule has 0 saturated heterocycles. The van der Waals surface area contributed by atoms with E-state index in [-0.39, 0.29) is 16.9 Å². The number of carbonyl (C=O) groups is 1. The molecule has 0 atom stereocenters. The van der Waals surface area contributed by atoms with E-state index in [1.165, 1.54) is 16.7 Å². The number of aldehydes is 1. The lowest BCUT2D eigenvalue weighted by Gasteiger charge is -2.08. The summed E-state index contributed by atoms with van der Waals surface area (Å²) in [5.74, 6) is 0.154. The predicted molar refractivity (Wildman–Crippen MR) is 124 cm³/mol. The van der Waals surface area contributed by atoms with Crippen LogP contribution in [0, 0.1) is 0 Å². The minimum absolute atomic E-state index is 0.154. The third-order valence-electron chi connectivity index (χ3n) is 5.17. The van der Waals surface area contributed by atoms with Crippen molar-refractivity contribution in [3.63, 3.8) is 0 Å². The number of H-pyrrole nitrogens is 1. The van der Waals surface area contributed by atoms with Gasteiger partial charge in [-0.3, -0.25) is 23.8 Å². The molecule has 8 nitrogen and oxygen atoms in total. The van der Waals surface area contributed by atoms with Crippen molar-refractivity contribution in [3.8, 4) is 22.4 Å². The molecule has 162 valence electrons. The van der Waals surface area contributed by atoms with Gasteiger partial charge in [-0.25, -0.2) is 4.98 Å². The molecule has 0 aliphatic heterocycles. The quantitative estimate of drug-likeness (QED) is 0.291. The van der Waals surface area contributed by atoms with Crippen LogP contribution in [0.25, 0.3) is 28.2 Å². The number of rotatable bonds is 8. The Bertz CT molecular complexity index is 1360. The third-order valence-corrected chi connectivity index (χ3v) is 5.17. The number of carbonyl (C=O) groups excluding carboxylic acids is 1. The first-order valence-electron chi connectivity index (χ1n) is 10.3. The molecule has 4 rings (SSSR count). The fraction of sp³-hybridized carbons (Fsp3) is 0.167. The molecule has 32 heavy (non-hydrogen) atoms. The largest absolute Gasteiger partial charge is 0.330 e. The molecule has 0 aliphatic carbocycles. The maximum atomic E-state index is 12.7. The summed E-state index contributed by atoms with van der Waals surface area (Å²) in [4.78, 5) is 43.4. The van der Waals surface area contributed by atoms with Crippen LogP contribution in [0.1, 0.15) is 22.3 Å². The average molecular weight is 429 g/mol. The van der Waals surface area contributed by atoms with Gasteiger partial charge in [-0.15, -0.1) is 0 Å². The Labute approximate surface area is 183 Å². The number of hydrogen-bond donors (Lipinski definition) is 3. The summed E-state index contributed by atoms with van der Waals surface area (Å²) < 4.78 is 1.32. The average Bonchev–Trinajstić information content (AvgIpc) is 2.82. The molecule has 2 aromatic carbocycles. The van der Waals surface area contributed by atoms with Gasteiger partial charge in [0.15, 0.2) is 0 Å². The van der Waals surface area contributed by atoms with Gasteiger partial charge in [0, 0.05) is 29.9 Å². The molecule has 0 fully saturated rings. The Kier molecular flexibility index (Phi) is 6.34. The lowest BCUT2D eigenvalue weighted by molar-refractivity contribution is 0.112. The van der Waals surface area contributed by atoms with Gasteiger partial charge in [-0.2, -0.15) is 0 Å². The van der Waals surface area contributed by atoms with Gasteiger partial charge in [-0.1, -0.05) is 48.5 Å². The van der Waals surface area contributed by atoms with E-state index in [2.05, 4.69) is 15.3 Å². The Balaban J connectivity index is 1.65. The fourth-order valence-corrected chi connectivity index (χ4v) is 3.41. The molecule has 0 aliphatic rings. The standard InChI is InChI=1S/C24H23N5O3/c25-10-1-11-26-13-16-2-6-18(7-3-16)20-14-29-22(31)12-21(27-24(29)28-23(20)32)19-8-4-17(15-30)5-9-19/h2-9,12,14-15,26H,1,10-11,13,25H2,(H,27,28,32). The molecule has 0 spiro atoms. The van der Waals surface area contributed by atoms with Crippen molar-refractivity contribution in [2.75, 3.05) is 13.1 Å². The van der Waals surface area contributed by atoms with Crippen LogP contribution in [0.5, 0.6) is 0 Å². The molecule has 0 unspecified atom stereocenters. The van der Waals surface area contributed by atoms with Crippen LogP contribution in [0.4, 0.5) is 0 Å². The first-order chi connectivity index (χ1) is 15.6. The minimum Gasteiger partial charge on any atom is -0.330 e. The van der Waals surface area contributed by atoms with Gasteiger partial charge in [0.05, 0.1) is 11.3 Å². The highest BCUT2D eigenvalue weighted by molar-refractivity contribution is 5.76. The summed E-state index contributed by atoms with van der Waals surface area (Å²) >= 11 is 0. The molecule has 4 aromatic rings. The summed E-state index contributed by atoms with van der Waals surface area (Å²) in [5.41, 5.74) is 8.65. The lowest BCUT2D eigenvalue weighted by atomic mass is 10.1. The molecule has 0 saturated carbocycles. The smallest absolute Gasteiger partial charge is 0.260 e. The molecule has 0 bridgehead atoms. The van der Waals surface area contributed by atoms with E-state index in [0.29, 0.717) is 41.0 Å². The van der Waals surface area contributed by atoms with E-state index in [0.717, 1.165) is 24.8 Å². The Morgan fingerprint density at radius 2 is 1.75 bits per heavy atom. The zero-order chi connectivity index (χ0) is 22.5. The number of nitrogens with one attached hydrogen (secondary N) is 2. The molecule has 0 radical (unpaired) electrons. The summed E-state index contributed by atoms with van der Waals surface area (Å²) in [7, 11) is 0. The highest BCUT2D eigenvalue weighted by Crippen LogP contribution is 2.18. The molecule has 4 N–H and O–H groups in total. The maximum Gasteiger partial charge on any atom is 0.260 e. The van der Waals surface area contributed by atoms with Crippen molar-refractivity contribution in [3.05, 3.63) is 92.6 Å². The van der Waals surface area contributed by atoms with E-state index < -0.39 is 0 Å². The van der Waals surface area contributed by atoms with Crippen LogP contribution >= 0.6 is 0 Å². The number of fused-ring (bicyclic) bond motifs is 1. The summed E-state index contributed by atoms with van der Waals surface area (Å²) in [6, 6.07) is 15.7. The van der Waals surface area contributed by atoms with Crippen molar-refractivity contribution in [2.45, 2.75) is 13.0 Å². The second-order valence-corrected chi connectivity index (χ2v) is 7.43. The molecule has 2 heterocycles. The van der Waals surface area contributed by atoms with Crippen molar-refractivity contribution < 1.29 is 4.79 Å². The third kappa shape index (κ3) is 4.56. The van der Waals surface area contributed by atoms with Crippen LogP contribution in [-0.4, -0.2) is 33.7 Å². The number of nitrogens with two attached hydrogens (primary N) is 1. The van der Waals surface area contributed by atoms with E-state index in [1.807, 2.05) is 24.3 Å². The van der Waals surface area contributed by atoms with Gasteiger partial charge < -0.3 is 11.1 Å². The van der Waals surface area contributed by atoms with Crippen LogP contribution in [-0.2, 0) is 6.54 Å². The zero-order valence-electron chi connectivity index (χ0n) is 17.4. The normalized spacial score (nSPS) is 11.0. The highest BCUT2D eigenvalue weighted by atomic mass is 16.1. The predicted octanol–water partition coefficient (Wildman–Crippen LogP) is 1.97. The first kappa shape index (κ1) is 21.4. The Morgan fingerprint density at radius 3 is 2.44 bits per heavy atom. The van der Waals surface area contributed by atoms with E-state index in [9.17, 15) is 14.4 Å². The minimum atomic E-state index is -0.334. The highest BCUT2D eigenvalue weighted by Gasteiger charge is 2.10. The van der Waals surface area contributed by atoms with Gasteiger partial charge in [0.25, 0.3) is 11.1 Å². The summed E-state index contributed by atoms with van der Waals surface area (Å²) in [6.45, 7) is 2.22. The molecular formula is C24H23N5O3. The van der Waals surface area contributed by atoms with Crippen molar-refractivity contribution in [2.24, 2.45) is 5.73 Å².